The van der Waals surface area contributed by atoms with E-state index in [0.29, 0.717) is 22.2 Å². The molecular weight excluding hydrogens is 429 g/mol. The van der Waals surface area contributed by atoms with Crippen LogP contribution >= 0.6 is 0 Å². The Morgan fingerprint density at radius 2 is 1.84 bits per heavy atom. The third kappa shape index (κ3) is 5.53. The molecule has 0 aromatic heterocycles. The fraction of sp³-hybridized carbons (Fsp3) is 0.348. The minimum Gasteiger partial charge on any atom is -0.497 e. The Morgan fingerprint density at radius 3 is 2.38 bits per heavy atom. The lowest BCUT2D eigenvalue weighted by Gasteiger charge is -2.22. The monoisotopic (exact) mass is 457 g/mol. The van der Waals surface area contributed by atoms with Crippen LogP contribution in [-0.4, -0.2) is 39.4 Å². The summed E-state index contributed by atoms with van der Waals surface area (Å²) in [6.07, 6.45) is 0.0755. The molecule has 1 aliphatic rings. The van der Waals surface area contributed by atoms with Crippen LogP contribution < -0.4 is 25.9 Å². The number of carbonyl (C=O) groups is 3. The minimum atomic E-state index is -1.86. The molecule has 3 N–H and O–H groups in total. The smallest absolute Gasteiger partial charge is 0.251 e. The van der Waals surface area contributed by atoms with Gasteiger partial charge in [-0.15, -0.1) is 0 Å². The van der Waals surface area contributed by atoms with E-state index in [1.54, 1.807) is 36.4 Å². The van der Waals surface area contributed by atoms with Gasteiger partial charge in [0.15, 0.2) is 0 Å². The topological polar surface area (TPSA) is 96.5 Å². The molecule has 170 valence electrons. The number of halogens is 1. The zero-order valence-electron chi connectivity index (χ0n) is 18.6. The van der Waals surface area contributed by atoms with Gasteiger partial charge in [0.25, 0.3) is 5.91 Å². The Morgan fingerprint density at radius 1 is 1.16 bits per heavy atom. The molecule has 1 heterocycles. The highest BCUT2D eigenvalue weighted by Gasteiger charge is 2.32. The number of hydrogen-bond acceptors (Lipinski definition) is 4. The van der Waals surface area contributed by atoms with Crippen LogP contribution in [0.25, 0.3) is 0 Å². The van der Waals surface area contributed by atoms with E-state index in [2.05, 4.69) is 16.0 Å². The van der Waals surface area contributed by atoms with E-state index < -0.39 is 31.8 Å². The number of benzene rings is 2. The SMILES string of the molecule is COc1ccc([C@H](NC(=O)C2CNC(=O)C2)C(=O)Nc2ccc([Si](C)(C)C)c(F)c2)cc1. The number of anilines is 1. The Bertz CT molecular complexity index is 1020. The second-order valence-corrected chi connectivity index (χ2v) is 13.9. The predicted molar refractivity (Wildman–Crippen MR) is 123 cm³/mol. The molecule has 3 rings (SSSR count). The zero-order chi connectivity index (χ0) is 23.5. The van der Waals surface area contributed by atoms with Gasteiger partial charge < -0.3 is 20.7 Å². The Labute approximate surface area is 187 Å². The van der Waals surface area contributed by atoms with Crippen LogP contribution in [0.5, 0.6) is 5.75 Å². The molecule has 0 radical (unpaired) electrons. The Hall–Kier alpha value is -3.20. The molecule has 1 aliphatic heterocycles. The van der Waals surface area contributed by atoms with E-state index in [1.165, 1.54) is 13.2 Å². The Kier molecular flexibility index (Phi) is 6.98. The van der Waals surface area contributed by atoms with Crippen molar-refractivity contribution in [2.75, 3.05) is 19.0 Å². The van der Waals surface area contributed by atoms with Crippen molar-refractivity contribution in [3.8, 4) is 5.75 Å². The highest BCUT2D eigenvalue weighted by molar-refractivity contribution is 6.88. The van der Waals surface area contributed by atoms with Gasteiger partial charge in [-0.3, -0.25) is 14.4 Å². The predicted octanol–water partition coefficient (Wildman–Crippen LogP) is 2.31. The maximum absolute atomic E-state index is 14.6. The van der Waals surface area contributed by atoms with Crippen LogP contribution in [0.2, 0.25) is 19.6 Å². The Balaban J connectivity index is 1.83. The van der Waals surface area contributed by atoms with Gasteiger partial charge in [-0.2, -0.15) is 0 Å². The van der Waals surface area contributed by atoms with Crippen molar-refractivity contribution in [1.82, 2.24) is 10.6 Å². The van der Waals surface area contributed by atoms with E-state index in [4.69, 9.17) is 4.74 Å². The van der Waals surface area contributed by atoms with E-state index in [0.717, 1.165) is 0 Å². The molecule has 0 bridgehead atoms. The number of rotatable bonds is 7. The van der Waals surface area contributed by atoms with Crippen molar-refractivity contribution in [2.24, 2.45) is 5.92 Å². The molecule has 0 saturated carbocycles. The first-order valence-corrected chi connectivity index (χ1v) is 13.9. The molecule has 1 unspecified atom stereocenters. The van der Waals surface area contributed by atoms with E-state index in [-0.39, 0.29) is 24.7 Å². The van der Waals surface area contributed by atoms with Crippen molar-refractivity contribution in [3.05, 3.63) is 53.8 Å². The van der Waals surface area contributed by atoms with E-state index in [9.17, 15) is 18.8 Å². The molecule has 7 nitrogen and oxygen atoms in total. The van der Waals surface area contributed by atoms with Crippen LogP contribution in [0.1, 0.15) is 18.0 Å². The lowest BCUT2D eigenvalue weighted by molar-refractivity contribution is -0.129. The molecule has 3 amide bonds. The number of carbonyl (C=O) groups excluding carboxylic acids is 3. The molecule has 2 aromatic carbocycles. The summed E-state index contributed by atoms with van der Waals surface area (Å²) < 4.78 is 19.8. The first kappa shape index (κ1) is 23.5. The average Bonchev–Trinajstić information content (AvgIpc) is 3.17. The van der Waals surface area contributed by atoms with Crippen LogP contribution in [0.15, 0.2) is 42.5 Å². The third-order valence-corrected chi connectivity index (χ3v) is 7.41. The quantitative estimate of drug-likeness (QED) is 0.556. The van der Waals surface area contributed by atoms with Gasteiger partial charge in [-0.25, -0.2) is 4.39 Å². The minimum absolute atomic E-state index is 0.0755. The fourth-order valence-electron chi connectivity index (χ4n) is 3.56. The molecule has 32 heavy (non-hydrogen) atoms. The van der Waals surface area contributed by atoms with Gasteiger partial charge in [-0.05, 0) is 35.0 Å². The summed E-state index contributed by atoms with van der Waals surface area (Å²) in [5.74, 6) is -1.42. The van der Waals surface area contributed by atoms with Gasteiger partial charge >= 0.3 is 0 Å². The van der Waals surface area contributed by atoms with Gasteiger partial charge in [0, 0.05) is 18.7 Å². The number of methoxy groups -OCH3 is 1. The number of hydrogen-bond donors (Lipinski definition) is 3. The van der Waals surface area contributed by atoms with E-state index in [1.807, 2.05) is 19.6 Å². The summed E-state index contributed by atoms with van der Waals surface area (Å²) >= 11 is 0. The van der Waals surface area contributed by atoms with Crippen LogP contribution in [0, 0.1) is 11.7 Å². The standard InChI is InChI=1S/C23H28FN3O4Si/c1-31-17-8-5-14(6-9-17)21(27-22(29)15-11-20(28)25-13-15)23(30)26-16-7-10-19(18(24)12-16)32(2,3)4/h5-10,12,15,21H,11,13H2,1-4H3,(H,25,28)(H,26,30)(H,27,29)/t15?,21-/m0/s1. The second-order valence-electron chi connectivity index (χ2n) is 8.85. The molecule has 1 fully saturated rings. The summed E-state index contributed by atoms with van der Waals surface area (Å²) in [6.45, 7) is 6.36. The molecule has 0 aliphatic carbocycles. The molecule has 0 spiro atoms. The summed E-state index contributed by atoms with van der Waals surface area (Å²) in [7, 11) is -0.325. The molecule has 2 aromatic rings. The normalized spacial score (nSPS) is 16.8. The maximum Gasteiger partial charge on any atom is 0.251 e. The summed E-state index contributed by atoms with van der Waals surface area (Å²) in [6, 6.07) is 10.4. The maximum atomic E-state index is 14.6. The zero-order valence-corrected chi connectivity index (χ0v) is 19.6. The highest BCUT2D eigenvalue weighted by Crippen LogP contribution is 2.22. The highest BCUT2D eigenvalue weighted by atomic mass is 28.3. The van der Waals surface area contributed by atoms with Gasteiger partial charge in [0.1, 0.15) is 17.6 Å². The first-order valence-electron chi connectivity index (χ1n) is 10.4. The fourth-order valence-corrected chi connectivity index (χ4v) is 4.93. The van der Waals surface area contributed by atoms with Gasteiger partial charge in [-0.1, -0.05) is 37.8 Å². The summed E-state index contributed by atoms with van der Waals surface area (Å²) in [5, 5.41) is 8.72. The molecule has 1 saturated heterocycles. The number of nitrogens with one attached hydrogen (secondary N) is 3. The molecular formula is C23H28FN3O4Si. The lowest BCUT2D eigenvalue weighted by atomic mass is 10.0. The van der Waals surface area contributed by atoms with Crippen LogP contribution in [0.4, 0.5) is 10.1 Å². The van der Waals surface area contributed by atoms with Crippen molar-refractivity contribution in [3.63, 3.8) is 0 Å². The van der Waals surface area contributed by atoms with Crippen molar-refractivity contribution >= 4 is 36.7 Å². The summed E-state index contributed by atoms with van der Waals surface area (Å²) in [5.41, 5.74) is 0.841. The average molecular weight is 458 g/mol. The van der Waals surface area contributed by atoms with Crippen molar-refractivity contribution < 1.29 is 23.5 Å². The first-order chi connectivity index (χ1) is 15.1. The third-order valence-electron chi connectivity index (χ3n) is 5.39. The molecule has 2 atom stereocenters. The van der Waals surface area contributed by atoms with Crippen LogP contribution in [-0.2, 0) is 14.4 Å². The largest absolute Gasteiger partial charge is 0.497 e. The summed E-state index contributed by atoms with van der Waals surface area (Å²) in [4.78, 5) is 37.3. The molecule has 9 heteroatoms. The second kappa shape index (κ2) is 9.52. The van der Waals surface area contributed by atoms with Crippen molar-refractivity contribution in [2.45, 2.75) is 32.1 Å². The number of amides is 3. The van der Waals surface area contributed by atoms with Crippen LogP contribution in [0.3, 0.4) is 0 Å². The van der Waals surface area contributed by atoms with Gasteiger partial charge in [0.05, 0.1) is 21.1 Å². The lowest BCUT2D eigenvalue weighted by Crippen LogP contribution is -2.41. The van der Waals surface area contributed by atoms with Gasteiger partial charge in [0.2, 0.25) is 11.8 Å². The number of ether oxygens (including phenoxy) is 1. The van der Waals surface area contributed by atoms with E-state index >= 15 is 0 Å². The van der Waals surface area contributed by atoms with Crippen molar-refractivity contribution in [1.29, 1.82) is 0 Å².